The fourth-order valence-corrected chi connectivity index (χ4v) is 2.13. The van der Waals surface area contributed by atoms with Gasteiger partial charge in [-0.15, -0.1) is 0 Å². The minimum absolute atomic E-state index is 0.0573. The van der Waals surface area contributed by atoms with Crippen LogP contribution in [0.1, 0.15) is 11.1 Å². The maximum Gasteiger partial charge on any atom is 0.262 e. The number of amides is 1. The Hall–Kier alpha value is -3.46. The van der Waals surface area contributed by atoms with E-state index in [1.54, 1.807) is 31.4 Å². The number of carbonyl (C=O) groups is 1. The molecule has 0 saturated carbocycles. The molecule has 128 valence electrons. The summed E-state index contributed by atoms with van der Waals surface area (Å²) in [6, 6.07) is 13.7. The molecule has 0 spiro atoms. The summed E-state index contributed by atoms with van der Waals surface area (Å²) in [6.45, 7) is 0.287. The summed E-state index contributed by atoms with van der Waals surface area (Å²) in [7, 11) is 3.02. The average Bonchev–Trinajstić information content (AvgIpc) is 2.64. The average molecular weight is 338 g/mol. The van der Waals surface area contributed by atoms with E-state index < -0.39 is 5.91 Å². The van der Waals surface area contributed by atoms with Gasteiger partial charge in [0.1, 0.15) is 17.4 Å². The third-order valence-corrected chi connectivity index (χ3v) is 3.49. The molecule has 2 aromatic carbocycles. The van der Waals surface area contributed by atoms with E-state index >= 15 is 0 Å². The molecule has 6 heteroatoms. The van der Waals surface area contributed by atoms with Crippen molar-refractivity contribution in [2.75, 3.05) is 14.2 Å². The van der Waals surface area contributed by atoms with Crippen LogP contribution in [0.4, 0.5) is 0 Å². The molecule has 0 aliphatic heterocycles. The number of methoxy groups -OCH3 is 2. The van der Waals surface area contributed by atoms with Gasteiger partial charge in [0.2, 0.25) is 0 Å². The summed E-state index contributed by atoms with van der Waals surface area (Å²) < 4.78 is 10.0. The van der Waals surface area contributed by atoms with Gasteiger partial charge in [0.15, 0.2) is 11.5 Å². The molecule has 0 saturated heterocycles. The number of hydrogen-bond acceptors (Lipinski definition) is 5. The summed E-state index contributed by atoms with van der Waals surface area (Å²) >= 11 is 0. The van der Waals surface area contributed by atoms with Crippen molar-refractivity contribution in [1.82, 2.24) is 5.32 Å². The number of nitrogens with one attached hydrogen (secondary N) is 1. The number of phenolic OH excluding ortho intramolecular Hbond substituents is 1. The van der Waals surface area contributed by atoms with Gasteiger partial charge >= 0.3 is 0 Å². The Balaban J connectivity index is 2.07. The van der Waals surface area contributed by atoms with Crippen LogP contribution in [0.5, 0.6) is 17.2 Å². The number of aromatic hydroxyl groups is 1. The highest BCUT2D eigenvalue weighted by Gasteiger charge is 2.10. The van der Waals surface area contributed by atoms with E-state index in [2.05, 4.69) is 5.32 Å². The molecule has 0 atom stereocenters. The second-order valence-electron chi connectivity index (χ2n) is 5.13. The zero-order valence-electron chi connectivity index (χ0n) is 13.9. The number of ether oxygens (including phenoxy) is 2. The Kier molecular flexibility index (Phi) is 6.02. The minimum atomic E-state index is -0.492. The summed E-state index contributed by atoms with van der Waals surface area (Å²) in [6.07, 6.45) is 1.41. The highest BCUT2D eigenvalue weighted by atomic mass is 16.5. The van der Waals surface area contributed by atoms with Crippen molar-refractivity contribution in [2.24, 2.45) is 0 Å². The van der Waals surface area contributed by atoms with Gasteiger partial charge in [0.25, 0.3) is 5.91 Å². The van der Waals surface area contributed by atoms with E-state index in [4.69, 9.17) is 9.47 Å². The highest BCUT2D eigenvalue weighted by Crippen LogP contribution is 2.27. The first-order valence-corrected chi connectivity index (χ1v) is 7.47. The topological polar surface area (TPSA) is 91.6 Å². The zero-order valence-corrected chi connectivity index (χ0v) is 13.9. The normalized spacial score (nSPS) is 10.7. The van der Waals surface area contributed by atoms with Crippen molar-refractivity contribution >= 4 is 12.0 Å². The Morgan fingerprint density at radius 3 is 2.48 bits per heavy atom. The number of benzene rings is 2. The number of nitrogens with zero attached hydrogens (tertiary/aromatic N) is 1. The van der Waals surface area contributed by atoms with E-state index in [0.29, 0.717) is 11.3 Å². The molecule has 6 nitrogen and oxygen atoms in total. The first kappa shape index (κ1) is 17.9. The van der Waals surface area contributed by atoms with Gasteiger partial charge in [-0.2, -0.15) is 5.26 Å². The standard InChI is InChI=1S/C19H18N2O4/c1-24-16-6-3-13(4-7-16)12-21-19(23)15(11-20)9-14-5-8-18(25-2)17(22)10-14/h3-10,22H,12H2,1-2H3,(H,21,23)/b15-9-. The fourth-order valence-electron chi connectivity index (χ4n) is 2.13. The molecule has 25 heavy (non-hydrogen) atoms. The molecule has 0 radical (unpaired) electrons. The Bertz CT molecular complexity index is 820. The molecular weight excluding hydrogens is 320 g/mol. The lowest BCUT2D eigenvalue weighted by atomic mass is 10.1. The van der Waals surface area contributed by atoms with Crippen LogP contribution >= 0.6 is 0 Å². The summed E-state index contributed by atoms with van der Waals surface area (Å²) in [5.74, 6) is 0.493. The largest absolute Gasteiger partial charge is 0.504 e. The monoisotopic (exact) mass is 338 g/mol. The molecule has 0 fully saturated rings. The van der Waals surface area contributed by atoms with Crippen molar-refractivity contribution in [3.63, 3.8) is 0 Å². The SMILES string of the molecule is COc1ccc(CNC(=O)/C(C#N)=C\c2ccc(OC)c(O)c2)cc1. The highest BCUT2D eigenvalue weighted by molar-refractivity contribution is 6.01. The predicted molar refractivity (Wildman–Crippen MR) is 93.1 cm³/mol. The van der Waals surface area contributed by atoms with Gasteiger partial charge in [0.05, 0.1) is 14.2 Å². The molecule has 0 heterocycles. The first-order valence-electron chi connectivity index (χ1n) is 7.47. The van der Waals surface area contributed by atoms with Gasteiger partial charge in [-0.3, -0.25) is 4.79 Å². The van der Waals surface area contributed by atoms with Crippen molar-refractivity contribution in [3.8, 4) is 23.3 Å². The molecule has 2 rings (SSSR count). The molecule has 0 bridgehead atoms. The smallest absolute Gasteiger partial charge is 0.262 e. The molecule has 0 unspecified atom stereocenters. The molecule has 1 amide bonds. The second-order valence-corrected chi connectivity index (χ2v) is 5.13. The van der Waals surface area contributed by atoms with E-state index in [0.717, 1.165) is 11.3 Å². The maximum absolute atomic E-state index is 12.2. The van der Waals surface area contributed by atoms with Crippen LogP contribution in [0.15, 0.2) is 48.0 Å². The van der Waals surface area contributed by atoms with E-state index in [1.165, 1.54) is 19.3 Å². The van der Waals surface area contributed by atoms with E-state index in [-0.39, 0.29) is 17.9 Å². The lowest BCUT2D eigenvalue weighted by Crippen LogP contribution is -2.23. The predicted octanol–water partition coefficient (Wildman–Crippen LogP) is 2.63. The number of carbonyl (C=O) groups excluding carboxylic acids is 1. The Morgan fingerprint density at radius 2 is 1.92 bits per heavy atom. The van der Waals surface area contributed by atoms with Crippen LogP contribution in [-0.2, 0) is 11.3 Å². The summed E-state index contributed by atoms with van der Waals surface area (Å²) in [4.78, 5) is 12.2. The van der Waals surface area contributed by atoms with Gasteiger partial charge in [-0.05, 0) is 41.5 Å². The molecule has 0 aliphatic carbocycles. The number of phenols is 1. The van der Waals surface area contributed by atoms with Crippen LogP contribution in [0.3, 0.4) is 0 Å². The number of rotatable bonds is 6. The van der Waals surface area contributed by atoms with Crippen LogP contribution in [0, 0.1) is 11.3 Å². The zero-order chi connectivity index (χ0) is 18.2. The van der Waals surface area contributed by atoms with Gasteiger partial charge in [-0.25, -0.2) is 0 Å². The lowest BCUT2D eigenvalue weighted by molar-refractivity contribution is -0.117. The van der Waals surface area contributed by atoms with Crippen molar-refractivity contribution in [1.29, 1.82) is 5.26 Å². The van der Waals surface area contributed by atoms with E-state index in [1.807, 2.05) is 18.2 Å². The van der Waals surface area contributed by atoms with Crippen molar-refractivity contribution in [2.45, 2.75) is 6.54 Å². The molecule has 2 N–H and O–H groups in total. The third kappa shape index (κ3) is 4.75. The minimum Gasteiger partial charge on any atom is -0.504 e. The quantitative estimate of drug-likeness (QED) is 0.624. The first-order chi connectivity index (χ1) is 12.1. The van der Waals surface area contributed by atoms with Crippen LogP contribution in [-0.4, -0.2) is 25.2 Å². The number of hydrogen-bond donors (Lipinski definition) is 2. The Labute approximate surface area is 145 Å². The third-order valence-electron chi connectivity index (χ3n) is 3.49. The lowest BCUT2D eigenvalue weighted by Gasteiger charge is -2.06. The van der Waals surface area contributed by atoms with Crippen LogP contribution in [0.2, 0.25) is 0 Å². The maximum atomic E-state index is 12.2. The second kappa shape index (κ2) is 8.41. The fraction of sp³-hybridized carbons (Fsp3) is 0.158. The van der Waals surface area contributed by atoms with Crippen molar-refractivity contribution in [3.05, 3.63) is 59.2 Å². The Morgan fingerprint density at radius 1 is 1.20 bits per heavy atom. The molecule has 0 aliphatic rings. The summed E-state index contributed by atoms with van der Waals surface area (Å²) in [5, 5.41) is 21.7. The van der Waals surface area contributed by atoms with Gasteiger partial charge in [-0.1, -0.05) is 18.2 Å². The van der Waals surface area contributed by atoms with Crippen molar-refractivity contribution < 1.29 is 19.4 Å². The molecule has 0 aromatic heterocycles. The van der Waals surface area contributed by atoms with Crippen LogP contribution in [0.25, 0.3) is 6.08 Å². The molecule has 2 aromatic rings. The summed E-state index contributed by atoms with van der Waals surface area (Å²) in [5.41, 5.74) is 1.35. The molecular formula is C19H18N2O4. The number of nitriles is 1. The van der Waals surface area contributed by atoms with Crippen LogP contribution < -0.4 is 14.8 Å². The van der Waals surface area contributed by atoms with Gasteiger partial charge < -0.3 is 19.9 Å². The van der Waals surface area contributed by atoms with Gasteiger partial charge in [0, 0.05) is 6.54 Å². The van der Waals surface area contributed by atoms with E-state index in [9.17, 15) is 15.2 Å².